The van der Waals surface area contributed by atoms with Crippen molar-refractivity contribution in [3.63, 3.8) is 0 Å². The molecule has 0 atom stereocenters. The third kappa shape index (κ3) is 4.24. The van der Waals surface area contributed by atoms with Crippen molar-refractivity contribution in [1.82, 2.24) is 10.2 Å². The van der Waals surface area contributed by atoms with Crippen LogP contribution >= 0.6 is 39.1 Å². The van der Waals surface area contributed by atoms with Gasteiger partial charge < -0.3 is 9.73 Å². The highest BCUT2D eigenvalue weighted by atomic mass is 79.9. The molecule has 4 rings (SSSR count). The van der Waals surface area contributed by atoms with Gasteiger partial charge in [0.25, 0.3) is 5.91 Å². The van der Waals surface area contributed by atoms with Crippen LogP contribution in [0.2, 0.25) is 10.0 Å². The minimum absolute atomic E-state index is 0.144. The molecule has 8 heteroatoms. The van der Waals surface area contributed by atoms with Crippen molar-refractivity contribution in [1.29, 1.82) is 0 Å². The van der Waals surface area contributed by atoms with E-state index in [4.69, 9.17) is 27.6 Å². The zero-order valence-corrected chi connectivity index (χ0v) is 17.9. The molecule has 1 N–H and O–H groups in total. The zero-order chi connectivity index (χ0) is 20.5. The Hall–Kier alpha value is -2.54. The average molecular weight is 492 g/mol. The maximum atomic E-state index is 12.7. The fourth-order valence-corrected chi connectivity index (χ4v) is 3.54. The Morgan fingerprint density at radius 2 is 1.79 bits per heavy atom. The van der Waals surface area contributed by atoms with Gasteiger partial charge in [0.2, 0.25) is 0 Å². The second-order valence-corrected chi connectivity index (χ2v) is 8.09. The summed E-state index contributed by atoms with van der Waals surface area (Å²) in [6.45, 7) is 0.177. The number of hydrogen-bond acceptors (Lipinski definition) is 3. The van der Waals surface area contributed by atoms with Crippen molar-refractivity contribution in [2.75, 3.05) is 0 Å². The molecule has 1 aliphatic heterocycles. The summed E-state index contributed by atoms with van der Waals surface area (Å²) in [6.07, 6.45) is 1.49. The summed E-state index contributed by atoms with van der Waals surface area (Å²) < 4.78 is 6.69. The highest BCUT2D eigenvalue weighted by molar-refractivity contribution is 9.10. The summed E-state index contributed by atoms with van der Waals surface area (Å²) in [5.41, 5.74) is 1.63. The highest BCUT2D eigenvalue weighted by Crippen LogP contribution is 2.32. The van der Waals surface area contributed by atoms with Crippen molar-refractivity contribution >= 4 is 57.1 Å². The minimum Gasteiger partial charge on any atom is -0.457 e. The van der Waals surface area contributed by atoms with E-state index >= 15 is 0 Å². The number of rotatable bonds is 4. The first-order valence-electron chi connectivity index (χ1n) is 8.55. The van der Waals surface area contributed by atoms with Gasteiger partial charge >= 0.3 is 6.03 Å². The Bertz CT molecular complexity index is 1140. The molecule has 0 unspecified atom stereocenters. The third-order valence-corrected chi connectivity index (χ3v) is 5.42. The summed E-state index contributed by atoms with van der Waals surface area (Å²) in [4.78, 5) is 26.0. The smallest absolute Gasteiger partial charge is 0.329 e. The van der Waals surface area contributed by atoms with E-state index in [1.165, 1.54) is 6.08 Å². The van der Waals surface area contributed by atoms with Crippen LogP contribution < -0.4 is 5.32 Å². The molecule has 0 aliphatic carbocycles. The Morgan fingerprint density at radius 3 is 2.55 bits per heavy atom. The first-order chi connectivity index (χ1) is 13.9. The van der Waals surface area contributed by atoms with Crippen LogP contribution in [-0.4, -0.2) is 16.8 Å². The van der Waals surface area contributed by atoms with Gasteiger partial charge in [0, 0.05) is 21.1 Å². The summed E-state index contributed by atoms with van der Waals surface area (Å²) >= 11 is 15.6. The quantitative estimate of drug-likeness (QED) is 0.353. The molecule has 0 bridgehead atoms. The number of hydrogen-bond donors (Lipinski definition) is 1. The second kappa shape index (κ2) is 8.06. The maximum absolute atomic E-state index is 12.7. The lowest BCUT2D eigenvalue weighted by atomic mass is 10.2. The minimum atomic E-state index is -0.478. The van der Waals surface area contributed by atoms with Crippen LogP contribution in [0.3, 0.4) is 0 Å². The van der Waals surface area contributed by atoms with Crippen LogP contribution in [0, 0.1) is 0 Å². The summed E-state index contributed by atoms with van der Waals surface area (Å²) in [6, 6.07) is 15.4. The first kappa shape index (κ1) is 19.8. The molecule has 5 nitrogen and oxygen atoms in total. The Kier molecular flexibility index (Phi) is 5.50. The summed E-state index contributed by atoms with van der Waals surface area (Å²) in [5, 5.41) is 3.61. The molecule has 1 aromatic heterocycles. The molecule has 2 aromatic carbocycles. The molecule has 29 heavy (non-hydrogen) atoms. The lowest BCUT2D eigenvalue weighted by Crippen LogP contribution is -2.30. The van der Waals surface area contributed by atoms with E-state index in [0.29, 0.717) is 27.1 Å². The first-order valence-corrected chi connectivity index (χ1v) is 10.1. The highest BCUT2D eigenvalue weighted by Gasteiger charge is 2.33. The van der Waals surface area contributed by atoms with Crippen molar-refractivity contribution < 1.29 is 14.0 Å². The average Bonchev–Trinajstić information content (AvgIpc) is 3.26. The topological polar surface area (TPSA) is 62.6 Å². The molecule has 3 aromatic rings. The number of benzene rings is 2. The Morgan fingerprint density at radius 1 is 1.03 bits per heavy atom. The molecule has 1 aliphatic rings. The number of carbonyl (C=O) groups excluding carboxylic acids is 2. The normalized spacial score (nSPS) is 15.3. The van der Waals surface area contributed by atoms with Crippen molar-refractivity contribution in [3.05, 3.63) is 86.1 Å². The predicted molar refractivity (Wildman–Crippen MR) is 115 cm³/mol. The SMILES string of the molecule is O=C1N/C(=C\c2ccc(-c3cc(Cl)ccc3Cl)o2)C(=O)N1Cc1ccc(Br)cc1. The molecular formula is C21H13BrCl2N2O3. The van der Waals surface area contributed by atoms with E-state index in [2.05, 4.69) is 21.2 Å². The van der Waals surface area contributed by atoms with Crippen LogP contribution in [0.5, 0.6) is 0 Å². The fourth-order valence-electron chi connectivity index (χ4n) is 2.89. The number of amides is 3. The number of furan rings is 1. The van der Waals surface area contributed by atoms with Crippen LogP contribution in [0.25, 0.3) is 17.4 Å². The molecule has 146 valence electrons. The standard InChI is InChI=1S/C21H13BrCl2N2O3/c22-13-3-1-12(2-4-13)11-26-20(27)18(25-21(26)28)10-15-6-8-19(29-15)16-9-14(23)5-7-17(16)24/h1-10H,11H2,(H,25,28)/b18-10-. The van der Waals surface area contributed by atoms with Crippen LogP contribution in [0.1, 0.15) is 11.3 Å². The van der Waals surface area contributed by atoms with Crippen molar-refractivity contribution in [2.24, 2.45) is 0 Å². The zero-order valence-electron chi connectivity index (χ0n) is 14.8. The van der Waals surface area contributed by atoms with Gasteiger partial charge in [-0.15, -0.1) is 0 Å². The van der Waals surface area contributed by atoms with Crippen molar-refractivity contribution in [2.45, 2.75) is 6.54 Å². The second-order valence-electron chi connectivity index (χ2n) is 6.33. The molecule has 1 saturated heterocycles. The predicted octanol–water partition coefficient (Wildman–Crippen LogP) is 6.11. The van der Waals surface area contributed by atoms with E-state index < -0.39 is 11.9 Å². The lowest BCUT2D eigenvalue weighted by molar-refractivity contribution is -0.123. The molecular weight excluding hydrogens is 479 g/mol. The van der Waals surface area contributed by atoms with Gasteiger partial charge in [-0.2, -0.15) is 0 Å². The largest absolute Gasteiger partial charge is 0.457 e. The molecule has 0 saturated carbocycles. The molecule has 0 radical (unpaired) electrons. The van der Waals surface area contributed by atoms with E-state index in [1.54, 1.807) is 30.3 Å². The van der Waals surface area contributed by atoms with Crippen LogP contribution in [0.4, 0.5) is 4.79 Å². The summed E-state index contributed by atoms with van der Waals surface area (Å²) in [7, 11) is 0. The third-order valence-electron chi connectivity index (χ3n) is 4.32. The van der Waals surface area contributed by atoms with Gasteiger partial charge in [0.15, 0.2) is 0 Å². The summed E-state index contributed by atoms with van der Waals surface area (Å²) in [5.74, 6) is 0.495. The fraction of sp³-hybridized carbons (Fsp3) is 0.0476. The van der Waals surface area contributed by atoms with Gasteiger partial charge in [-0.1, -0.05) is 51.3 Å². The molecule has 0 spiro atoms. The van der Waals surface area contributed by atoms with E-state index in [0.717, 1.165) is 14.9 Å². The number of halogens is 3. The Labute approximate surface area is 185 Å². The van der Waals surface area contributed by atoms with E-state index in [9.17, 15) is 9.59 Å². The number of carbonyl (C=O) groups is 2. The Balaban J connectivity index is 1.55. The van der Waals surface area contributed by atoms with Crippen LogP contribution in [0.15, 0.2) is 69.2 Å². The number of nitrogens with one attached hydrogen (secondary N) is 1. The van der Waals surface area contributed by atoms with E-state index in [-0.39, 0.29) is 12.2 Å². The van der Waals surface area contributed by atoms with Gasteiger partial charge in [-0.25, -0.2) is 4.79 Å². The maximum Gasteiger partial charge on any atom is 0.329 e. The van der Waals surface area contributed by atoms with Crippen molar-refractivity contribution in [3.8, 4) is 11.3 Å². The van der Waals surface area contributed by atoms with Crippen LogP contribution in [-0.2, 0) is 11.3 Å². The molecule has 1 fully saturated rings. The molecule has 3 amide bonds. The van der Waals surface area contributed by atoms with Gasteiger partial charge in [-0.05, 0) is 48.0 Å². The van der Waals surface area contributed by atoms with Gasteiger partial charge in [0.1, 0.15) is 17.2 Å². The number of nitrogens with zero attached hydrogens (tertiary/aromatic N) is 1. The monoisotopic (exact) mass is 490 g/mol. The van der Waals surface area contributed by atoms with Gasteiger partial charge in [-0.3, -0.25) is 9.69 Å². The van der Waals surface area contributed by atoms with Gasteiger partial charge in [0.05, 0.1) is 11.6 Å². The molecule has 2 heterocycles. The number of urea groups is 1. The number of imide groups is 1. The van der Waals surface area contributed by atoms with E-state index in [1.807, 2.05) is 24.3 Å². The lowest BCUT2D eigenvalue weighted by Gasteiger charge is -2.11.